The Kier molecular flexibility index (Phi) is 4.70. The zero-order valence-corrected chi connectivity index (χ0v) is 12.0. The molecule has 0 radical (unpaired) electrons. The van der Waals surface area contributed by atoms with Crippen LogP contribution < -0.4 is 0 Å². The van der Waals surface area contributed by atoms with Gasteiger partial charge in [0.25, 0.3) is 5.91 Å². The van der Waals surface area contributed by atoms with Gasteiger partial charge in [-0.3, -0.25) is 4.79 Å². The molecule has 0 saturated carbocycles. The van der Waals surface area contributed by atoms with Crippen molar-refractivity contribution in [3.8, 4) is 5.75 Å². The van der Waals surface area contributed by atoms with Crippen molar-refractivity contribution in [2.45, 2.75) is 45.1 Å². The first kappa shape index (κ1) is 14.2. The maximum Gasteiger partial charge on any atom is 0.255 e. The van der Waals surface area contributed by atoms with Crippen LogP contribution in [0, 0.1) is 0 Å². The van der Waals surface area contributed by atoms with Crippen LogP contribution in [-0.2, 0) is 0 Å². The molecule has 1 aromatic carbocycles. The average molecular weight is 282 g/mol. The predicted octanol–water partition coefficient (Wildman–Crippen LogP) is 3.84. The molecule has 1 aliphatic heterocycles. The molecule has 104 valence electrons. The van der Waals surface area contributed by atoms with Crippen molar-refractivity contribution in [3.63, 3.8) is 0 Å². The number of rotatable bonds is 3. The lowest BCUT2D eigenvalue weighted by atomic mass is 9.97. The van der Waals surface area contributed by atoms with Crippen molar-refractivity contribution in [1.29, 1.82) is 0 Å². The van der Waals surface area contributed by atoms with E-state index < -0.39 is 0 Å². The van der Waals surface area contributed by atoms with E-state index >= 15 is 0 Å². The van der Waals surface area contributed by atoms with Crippen molar-refractivity contribution in [2.24, 2.45) is 0 Å². The van der Waals surface area contributed by atoms with Crippen molar-refractivity contribution >= 4 is 17.5 Å². The van der Waals surface area contributed by atoms with E-state index in [-0.39, 0.29) is 11.7 Å². The van der Waals surface area contributed by atoms with Crippen LogP contribution in [0.4, 0.5) is 0 Å². The van der Waals surface area contributed by atoms with Crippen LogP contribution in [0.3, 0.4) is 0 Å². The van der Waals surface area contributed by atoms with Crippen molar-refractivity contribution in [2.75, 3.05) is 6.54 Å². The van der Waals surface area contributed by atoms with Crippen LogP contribution in [-0.4, -0.2) is 28.5 Å². The molecule has 0 aliphatic carbocycles. The Morgan fingerprint density at radius 2 is 2.26 bits per heavy atom. The zero-order chi connectivity index (χ0) is 13.8. The molecule has 1 heterocycles. The summed E-state index contributed by atoms with van der Waals surface area (Å²) in [5.74, 6) is 0.0239. The summed E-state index contributed by atoms with van der Waals surface area (Å²) in [6.07, 6.45) is 5.39. The minimum Gasteiger partial charge on any atom is -0.508 e. The maximum absolute atomic E-state index is 12.6. The van der Waals surface area contributed by atoms with Gasteiger partial charge >= 0.3 is 0 Å². The van der Waals surface area contributed by atoms with Gasteiger partial charge < -0.3 is 10.0 Å². The summed E-state index contributed by atoms with van der Waals surface area (Å²) in [5, 5.41) is 9.93. The Balaban J connectivity index is 2.23. The fourth-order valence-electron chi connectivity index (χ4n) is 2.73. The van der Waals surface area contributed by atoms with E-state index in [2.05, 4.69) is 6.92 Å². The summed E-state index contributed by atoms with van der Waals surface area (Å²) in [4.78, 5) is 14.5. The van der Waals surface area contributed by atoms with Gasteiger partial charge in [-0.25, -0.2) is 0 Å². The van der Waals surface area contributed by atoms with E-state index in [0.717, 1.165) is 32.2 Å². The molecule has 1 fully saturated rings. The van der Waals surface area contributed by atoms with Crippen molar-refractivity contribution < 1.29 is 9.90 Å². The van der Waals surface area contributed by atoms with E-state index in [1.165, 1.54) is 18.6 Å². The molecule has 0 aromatic heterocycles. The lowest BCUT2D eigenvalue weighted by molar-refractivity contribution is 0.0600. The summed E-state index contributed by atoms with van der Waals surface area (Å²) in [7, 11) is 0. The zero-order valence-electron chi connectivity index (χ0n) is 11.2. The molecule has 1 aliphatic rings. The SMILES string of the molecule is CCCC1CCCCN1C(=O)c1cc(O)ccc1Cl. The molecule has 1 unspecified atom stereocenters. The number of nitrogens with zero attached hydrogens (tertiary/aromatic N) is 1. The molecule has 0 spiro atoms. The maximum atomic E-state index is 12.6. The summed E-state index contributed by atoms with van der Waals surface area (Å²) >= 11 is 6.08. The Labute approximate surface area is 119 Å². The molecular formula is C15H20ClNO2. The molecule has 4 heteroatoms. The molecule has 0 bridgehead atoms. The Morgan fingerprint density at radius 3 is 3.00 bits per heavy atom. The number of carbonyl (C=O) groups excluding carboxylic acids is 1. The molecule has 3 nitrogen and oxygen atoms in total. The van der Waals surface area contributed by atoms with E-state index in [4.69, 9.17) is 11.6 Å². The third-order valence-electron chi connectivity index (χ3n) is 3.69. The minimum atomic E-state index is -0.0564. The Bertz CT molecular complexity index is 459. The van der Waals surface area contributed by atoms with Crippen molar-refractivity contribution in [3.05, 3.63) is 28.8 Å². The van der Waals surface area contributed by atoms with Gasteiger partial charge in [0.05, 0.1) is 10.6 Å². The standard InChI is InChI=1S/C15H20ClNO2/c1-2-5-11-6-3-4-9-17(11)15(19)13-10-12(18)7-8-14(13)16/h7-8,10-11,18H,2-6,9H2,1H3. The third kappa shape index (κ3) is 3.21. The number of aromatic hydroxyl groups is 1. The van der Waals surface area contributed by atoms with Crippen LogP contribution in [0.5, 0.6) is 5.75 Å². The number of hydrogen-bond donors (Lipinski definition) is 1. The summed E-state index contributed by atoms with van der Waals surface area (Å²) in [5.41, 5.74) is 0.407. The quantitative estimate of drug-likeness (QED) is 0.914. The molecule has 1 N–H and O–H groups in total. The first-order valence-electron chi connectivity index (χ1n) is 6.93. The highest BCUT2D eigenvalue weighted by Gasteiger charge is 2.28. The van der Waals surface area contributed by atoms with Crippen LogP contribution in [0.15, 0.2) is 18.2 Å². The van der Waals surface area contributed by atoms with Gasteiger partial charge in [0.2, 0.25) is 0 Å². The molecule has 1 atom stereocenters. The number of amides is 1. The number of benzene rings is 1. The Morgan fingerprint density at radius 1 is 1.47 bits per heavy atom. The number of piperidine rings is 1. The number of carbonyl (C=O) groups is 1. The number of halogens is 1. The lowest BCUT2D eigenvalue weighted by Crippen LogP contribution is -2.43. The van der Waals surface area contributed by atoms with Crippen LogP contribution >= 0.6 is 11.6 Å². The van der Waals surface area contributed by atoms with Gasteiger partial charge in [0.1, 0.15) is 5.75 Å². The van der Waals surface area contributed by atoms with Crippen LogP contribution in [0.25, 0.3) is 0 Å². The summed E-state index contributed by atoms with van der Waals surface area (Å²) in [6.45, 7) is 2.92. The van der Waals surface area contributed by atoms with Gasteiger partial charge in [-0.15, -0.1) is 0 Å². The Hall–Kier alpha value is -1.22. The van der Waals surface area contributed by atoms with Gasteiger partial charge in [0, 0.05) is 12.6 Å². The topological polar surface area (TPSA) is 40.5 Å². The highest BCUT2D eigenvalue weighted by molar-refractivity contribution is 6.33. The highest BCUT2D eigenvalue weighted by Crippen LogP contribution is 2.27. The second kappa shape index (κ2) is 6.29. The minimum absolute atomic E-state index is 0.0564. The van der Waals surface area contributed by atoms with Gasteiger partial charge in [-0.1, -0.05) is 24.9 Å². The average Bonchev–Trinajstić information content (AvgIpc) is 2.42. The van der Waals surface area contributed by atoms with Crippen LogP contribution in [0.2, 0.25) is 5.02 Å². The monoisotopic (exact) mass is 281 g/mol. The highest BCUT2D eigenvalue weighted by atomic mass is 35.5. The normalized spacial score (nSPS) is 19.5. The fourth-order valence-corrected chi connectivity index (χ4v) is 2.93. The molecule has 19 heavy (non-hydrogen) atoms. The predicted molar refractivity (Wildman–Crippen MR) is 76.7 cm³/mol. The first-order chi connectivity index (χ1) is 9.13. The number of likely N-dealkylation sites (tertiary alicyclic amines) is 1. The molecular weight excluding hydrogens is 262 g/mol. The van der Waals surface area contributed by atoms with Gasteiger partial charge in [0.15, 0.2) is 0 Å². The van der Waals surface area contributed by atoms with Crippen molar-refractivity contribution in [1.82, 2.24) is 4.90 Å². The number of phenols is 1. The van der Waals surface area contributed by atoms with E-state index in [1.54, 1.807) is 6.07 Å². The summed E-state index contributed by atoms with van der Waals surface area (Å²) in [6, 6.07) is 4.84. The number of phenolic OH excluding ortho intramolecular Hbond substituents is 1. The van der Waals surface area contributed by atoms with E-state index in [9.17, 15) is 9.90 Å². The van der Waals surface area contributed by atoms with Gasteiger partial charge in [-0.05, 0) is 43.9 Å². The van der Waals surface area contributed by atoms with E-state index in [1.807, 2.05) is 4.90 Å². The number of hydrogen-bond acceptors (Lipinski definition) is 2. The second-order valence-electron chi connectivity index (χ2n) is 5.10. The second-order valence-corrected chi connectivity index (χ2v) is 5.51. The molecule has 2 rings (SSSR count). The smallest absolute Gasteiger partial charge is 0.255 e. The molecule has 1 aromatic rings. The van der Waals surface area contributed by atoms with Gasteiger partial charge in [-0.2, -0.15) is 0 Å². The molecule has 1 saturated heterocycles. The first-order valence-corrected chi connectivity index (χ1v) is 7.30. The van der Waals surface area contributed by atoms with Crippen LogP contribution in [0.1, 0.15) is 49.4 Å². The van der Waals surface area contributed by atoms with E-state index in [0.29, 0.717) is 16.6 Å². The lowest BCUT2D eigenvalue weighted by Gasteiger charge is -2.36. The third-order valence-corrected chi connectivity index (χ3v) is 4.02. The molecule has 1 amide bonds. The fraction of sp³-hybridized carbons (Fsp3) is 0.533. The largest absolute Gasteiger partial charge is 0.508 e. The summed E-state index contributed by atoms with van der Waals surface area (Å²) < 4.78 is 0.